The van der Waals surface area contributed by atoms with Crippen LogP contribution in [0.3, 0.4) is 0 Å². The summed E-state index contributed by atoms with van der Waals surface area (Å²) >= 11 is 0. The molecule has 6 heteroatoms. The van der Waals surface area contributed by atoms with E-state index >= 15 is 0 Å². The zero-order chi connectivity index (χ0) is 33.1. The Morgan fingerprint density at radius 3 is 2.09 bits per heavy atom. The van der Waals surface area contributed by atoms with Crippen molar-refractivity contribution in [2.24, 2.45) is 0 Å². The van der Waals surface area contributed by atoms with Gasteiger partial charge in [0.05, 0.1) is 13.2 Å². The second-order valence-electron chi connectivity index (χ2n) is 11.6. The molecule has 4 aromatic carbocycles. The number of hydrogen-bond acceptors (Lipinski definition) is 6. The van der Waals surface area contributed by atoms with Crippen LogP contribution in [0.5, 0.6) is 5.75 Å². The van der Waals surface area contributed by atoms with Crippen molar-refractivity contribution in [1.29, 1.82) is 0 Å². The number of ether oxygens (including phenoxy) is 3. The third-order valence-electron chi connectivity index (χ3n) is 7.80. The molecule has 0 aromatic heterocycles. The zero-order valence-electron chi connectivity index (χ0n) is 27.2. The lowest BCUT2D eigenvalue weighted by Crippen LogP contribution is -2.08. The largest absolute Gasteiger partial charge is 0.491 e. The number of aliphatic hydroxyl groups excluding tert-OH is 1. The molecule has 0 heterocycles. The highest BCUT2D eigenvalue weighted by Crippen LogP contribution is 2.34. The Morgan fingerprint density at radius 2 is 1.39 bits per heavy atom. The van der Waals surface area contributed by atoms with E-state index in [1.54, 1.807) is 13.8 Å². The van der Waals surface area contributed by atoms with E-state index < -0.39 is 11.9 Å². The third-order valence-corrected chi connectivity index (χ3v) is 7.80. The molecule has 0 aliphatic heterocycles. The van der Waals surface area contributed by atoms with Crippen LogP contribution in [0.1, 0.15) is 56.7 Å². The minimum absolute atomic E-state index is 0.0120. The van der Waals surface area contributed by atoms with Gasteiger partial charge >= 0.3 is 11.9 Å². The molecule has 4 aromatic rings. The highest BCUT2D eigenvalue weighted by atomic mass is 16.5. The molecule has 0 fully saturated rings. The number of aryl methyl sites for hydroxylation is 1. The standard InChI is InChI=1S/C40H44O6/c1-6-7-8-9-29-10-12-30(13-11-29)31-16-17-37(34(22-31)18-20-45-39(42)27(2)3)33-15-14-32-25-38(44-21-19-41)36(24-35(32)23-33)26-46-40(43)28(4)5/h10-17,22-25,41H,2,4,6-9,18-21,26H2,1,3,5H3. The lowest BCUT2D eigenvalue weighted by Gasteiger charge is -2.16. The van der Waals surface area contributed by atoms with Crippen LogP contribution < -0.4 is 4.74 Å². The lowest BCUT2D eigenvalue weighted by atomic mass is 9.91. The maximum Gasteiger partial charge on any atom is 0.333 e. The molecule has 0 saturated heterocycles. The van der Waals surface area contributed by atoms with Crippen LogP contribution in [0.25, 0.3) is 33.0 Å². The molecular weight excluding hydrogens is 576 g/mol. The van der Waals surface area contributed by atoms with E-state index in [1.807, 2.05) is 18.2 Å². The number of benzene rings is 4. The van der Waals surface area contributed by atoms with Crippen LogP contribution >= 0.6 is 0 Å². The van der Waals surface area contributed by atoms with Gasteiger partial charge in [-0.15, -0.1) is 0 Å². The number of aliphatic hydroxyl groups is 1. The smallest absolute Gasteiger partial charge is 0.333 e. The van der Waals surface area contributed by atoms with Crippen molar-refractivity contribution >= 4 is 22.7 Å². The summed E-state index contributed by atoms with van der Waals surface area (Å²) in [5.41, 5.74) is 8.03. The van der Waals surface area contributed by atoms with Crippen LogP contribution in [-0.4, -0.2) is 36.9 Å². The summed E-state index contributed by atoms with van der Waals surface area (Å²) in [5.74, 6) is -0.337. The van der Waals surface area contributed by atoms with Crippen LogP contribution in [0, 0.1) is 0 Å². The van der Waals surface area contributed by atoms with Gasteiger partial charge in [-0.3, -0.25) is 0 Å². The molecule has 0 radical (unpaired) electrons. The van der Waals surface area contributed by atoms with Crippen molar-refractivity contribution in [3.63, 3.8) is 0 Å². The molecule has 240 valence electrons. The maximum atomic E-state index is 12.1. The number of esters is 2. The summed E-state index contributed by atoms with van der Waals surface area (Å²) in [6.07, 6.45) is 5.26. The molecular formula is C40H44O6. The molecule has 0 amide bonds. The van der Waals surface area contributed by atoms with Crippen molar-refractivity contribution in [1.82, 2.24) is 0 Å². The Bertz CT molecular complexity index is 1700. The van der Waals surface area contributed by atoms with Gasteiger partial charge in [0.25, 0.3) is 0 Å². The maximum absolute atomic E-state index is 12.1. The van der Waals surface area contributed by atoms with Gasteiger partial charge in [-0.05, 0) is 89.0 Å². The molecule has 46 heavy (non-hydrogen) atoms. The van der Waals surface area contributed by atoms with Crippen LogP contribution in [0.4, 0.5) is 0 Å². The highest BCUT2D eigenvalue weighted by molar-refractivity contribution is 5.91. The Labute approximate surface area is 272 Å². The van der Waals surface area contributed by atoms with Gasteiger partial charge in [0.1, 0.15) is 19.0 Å². The fourth-order valence-electron chi connectivity index (χ4n) is 5.24. The minimum Gasteiger partial charge on any atom is -0.491 e. The second-order valence-corrected chi connectivity index (χ2v) is 11.6. The molecule has 6 nitrogen and oxygen atoms in total. The number of unbranched alkanes of at least 4 members (excludes halogenated alkanes) is 2. The zero-order valence-corrected chi connectivity index (χ0v) is 27.2. The van der Waals surface area contributed by atoms with E-state index in [0.717, 1.165) is 45.0 Å². The van der Waals surface area contributed by atoms with E-state index in [2.05, 4.69) is 74.7 Å². The average molecular weight is 621 g/mol. The fraction of sp³-hybridized carbons (Fsp3) is 0.300. The SMILES string of the molecule is C=C(C)C(=O)OCCc1cc(-c2ccc(CCCCC)cc2)ccc1-c1ccc2cc(OCCO)c(COC(=O)C(=C)C)cc2c1. The number of hydrogen-bond donors (Lipinski definition) is 1. The summed E-state index contributed by atoms with van der Waals surface area (Å²) in [7, 11) is 0. The Hall–Kier alpha value is -4.68. The van der Waals surface area contributed by atoms with Gasteiger partial charge in [-0.2, -0.15) is 0 Å². The van der Waals surface area contributed by atoms with Crippen LogP contribution in [0.15, 0.2) is 97.1 Å². The molecule has 0 atom stereocenters. The quantitative estimate of drug-likeness (QED) is 0.0768. The van der Waals surface area contributed by atoms with Gasteiger partial charge in [0, 0.05) is 23.1 Å². The summed E-state index contributed by atoms with van der Waals surface area (Å²) in [6, 6.07) is 25.2. The minimum atomic E-state index is -0.481. The molecule has 1 N–H and O–H groups in total. The first-order chi connectivity index (χ1) is 22.2. The van der Waals surface area contributed by atoms with Crippen molar-refractivity contribution < 1.29 is 28.9 Å². The molecule has 0 unspecified atom stereocenters. The summed E-state index contributed by atoms with van der Waals surface area (Å²) in [5, 5.41) is 11.2. The van der Waals surface area contributed by atoms with E-state index in [-0.39, 0.29) is 26.4 Å². The fourth-order valence-corrected chi connectivity index (χ4v) is 5.24. The van der Waals surface area contributed by atoms with Gasteiger partial charge in [0.2, 0.25) is 0 Å². The predicted molar refractivity (Wildman–Crippen MR) is 185 cm³/mol. The van der Waals surface area contributed by atoms with E-state index in [1.165, 1.54) is 24.8 Å². The molecule has 0 aliphatic carbocycles. The van der Waals surface area contributed by atoms with E-state index in [9.17, 15) is 14.7 Å². The Balaban J connectivity index is 1.70. The lowest BCUT2D eigenvalue weighted by molar-refractivity contribution is -0.140. The topological polar surface area (TPSA) is 82.1 Å². The van der Waals surface area contributed by atoms with Crippen LogP contribution in [-0.2, 0) is 38.5 Å². The van der Waals surface area contributed by atoms with Gasteiger partial charge in [0.15, 0.2) is 0 Å². The molecule has 0 aliphatic rings. The Morgan fingerprint density at radius 1 is 0.696 bits per heavy atom. The highest BCUT2D eigenvalue weighted by Gasteiger charge is 2.14. The number of carbonyl (C=O) groups excluding carboxylic acids is 2. The summed E-state index contributed by atoms with van der Waals surface area (Å²) in [6.45, 7) is 13.0. The second kappa shape index (κ2) is 16.6. The first-order valence-electron chi connectivity index (χ1n) is 15.9. The number of carbonyl (C=O) groups is 2. The van der Waals surface area contributed by atoms with Gasteiger partial charge in [-0.1, -0.05) is 87.5 Å². The van der Waals surface area contributed by atoms with Gasteiger partial charge in [-0.25, -0.2) is 9.59 Å². The average Bonchev–Trinajstić information content (AvgIpc) is 3.06. The summed E-state index contributed by atoms with van der Waals surface area (Å²) < 4.78 is 16.7. The molecule has 0 spiro atoms. The number of rotatable bonds is 16. The Kier molecular flexibility index (Phi) is 12.3. The number of fused-ring (bicyclic) bond motifs is 1. The van der Waals surface area contributed by atoms with Crippen molar-refractivity contribution in [2.45, 2.75) is 59.5 Å². The van der Waals surface area contributed by atoms with E-state index in [4.69, 9.17) is 14.2 Å². The summed E-state index contributed by atoms with van der Waals surface area (Å²) in [4.78, 5) is 24.2. The van der Waals surface area contributed by atoms with Crippen molar-refractivity contribution in [3.8, 4) is 28.0 Å². The first kappa shape index (κ1) is 34.2. The molecule has 4 rings (SSSR count). The van der Waals surface area contributed by atoms with Crippen molar-refractivity contribution in [2.75, 3.05) is 19.8 Å². The van der Waals surface area contributed by atoms with Crippen LogP contribution in [0.2, 0.25) is 0 Å². The normalized spacial score (nSPS) is 10.9. The van der Waals surface area contributed by atoms with Crippen molar-refractivity contribution in [3.05, 3.63) is 114 Å². The first-order valence-corrected chi connectivity index (χ1v) is 15.9. The van der Waals surface area contributed by atoms with E-state index in [0.29, 0.717) is 28.9 Å². The predicted octanol–water partition coefficient (Wildman–Crippen LogP) is 8.56. The monoisotopic (exact) mass is 620 g/mol. The van der Waals surface area contributed by atoms with Gasteiger partial charge < -0.3 is 19.3 Å². The molecule has 0 saturated carbocycles. The third kappa shape index (κ3) is 9.18. The molecule has 0 bridgehead atoms.